The first-order chi connectivity index (χ1) is 12.2. The monoisotopic (exact) mass is 383 g/mol. The summed E-state index contributed by atoms with van der Waals surface area (Å²) in [4.78, 5) is 13.9. The summed E-state index contributed by atoms with van der Waals surface area (Å²) in [5.41, 5.74) is 0.497. The highest BCUT2D eigenvalue weighted by Gasteiger charge is 2.43. The van der Waals surface area contributed by atoms with Gasteiger partial charge in [0.15, 0.2) is 11.5 Å². The quantitative estimate of drug-likeness (QED) is 0.830. The second kappa shape index (κ2) is 5.53. The zero-order valence-electron chi connectivity index (χ0n) is 13.0. The summed E-state index contributed by atoms with van der Waals surface area (Å²) in [7, 11) is -3.48. The molecule has 0 fully saturated rings. The molecule has 1 amide bonds. The number of alkyl halides is 2. The van der Waals surface area contributed by atoms with E-state index in [1.165, 1.54) is 36.6 Å². The summed E-state index contributed by atoms with van der Waals surface area (Å²) in [6.45, 7) is 0.182. The number of nitrogens with one attached hydrogen (secondary N) is 1. The van der Waals surface area contributed by atoms with E-state index < -0.39 is 22.2 Å². The van der Waals surface area contributed by atoms with Crippen molar-refractivity contribution in [2.75, 3.05) is 17.6 Å². The van der Waals surface area contributed by atoms with Gasteiger partial charge in [0, 0.05) is 24.5 Å². The zero-order valence-corrected chi connectivity index (χ0v) is 13.8. The molecule has 1 N–H and O–H groups in total. The number of fused-ring (bicyclic) bond motifs is 2. The number of carbonyl (C=O) groups is 1. The summed E-state index contributed by atoms with van der Waals surface area (Å²) in [5, 5.41) is 2.56. The Hall–Kier alpha value is -2.95. The molecule has 0 atom stereocenters. The van der Waals surface area contributed by atoms with E-state index in [9.17, 15) is 22.0 Å². The van der Waals surface area contributed by atoms with Crippen LogP contribution in [-0.2, 0) is 14.8 Å². The van der Waals surface area contributed by atoms with Crippen molar-refractivity contribution in [2.45, 2.75) is 6.29 Å². The molecular formula is C15H11F2N3O5S. The fourth-order valence-corrected chi connectivity index (χ4v) is 3.53. The van der Waals surface area contributed by atoms with E-state index in [-0.39, 0.29) is 40.9 Å². The number of ether oxygens (including phenoxy) is 2. The summed E-state index contributed by atoms with van der Waals surface area (Å²) >= 11 is 0. The molecule has 0 bridgehead atoms. The third-order valence-electron chi connectivity index (χ3n) is 3.75. The number of hydrogen-bond donors (Lipinski definition) is 1. The number of hydrogen-bond acceptors (Lipinski definition) is 6. The Balaban J connectivity index is 1.50. The van der Waals surface area contributed by atoms with Crippen molar-refractivity contribution in [3.8, 4) is 11.5 Å². The molecule has 0 radical (unpaired) electrons. The zero-order chi connectivity index (χ0) is 18.5. The van der Waals surface area contributed by atoms with E-state index in [4.69, 9.17) is 0 Å². The van der Waals surface area contributed by atoms with Crippen LogP contribution in [-0.4, -0.2) is 43.7 Å². The third kappa shape index (κ3) is 3.12. The minimum atomic E-state index is -3.73. The fraction of sp³-hybridized carbons (Fsp3) is 0.200. The van der Waals surface area contributed by atoms with Gasteiger partial charge < -0.3 is 19.7 Å². The van der Waals surface area contributed by atoms with E-state index in [0.717, 1.165) is 0 Å². The highest BCUT2D eigenvalue weighted by molar-refractivity contribution is 7.90. The maximum Gasteiger partial charge on any atom is 0.586 e. The van der Waals surface area contributed by atoms with E-state index in [1.54, 1.807) is 4.90 Å². The first kappa shape index (κ1) is 16.5. The Kier molecular flexibility index (Phi) is 3.51. The lowest BCUT2D eigenvalue weighted by Gasteiger charge is -2.26. The van der Waals surface area contributed by atoms with Crippen LogP contribution in [0.3, 0.4) is 0 Å². The average Bonchev–Trinajstić information content (AvgIpc) is 2.86. The predicted octanol–water partition coefficient (Wildman–Crippen LogP) is 1.44. The molecule has 3 aliphatic heterocycles. The minimum absolute atomic E-state index is 0.125. The van der Waals surface area contributed by atoms with Crippen LogP contribution in [0, 0.1) is 0 Å². The van der Waals surface area contributed by atoms with Gasteiger partial charge in [0.25, 0.3) is 15.9 Å². The number of carbonyl (C=O) groups excluding carboxylic acids is 1. The van der Waals surface area contributed by atoms with Crippen molar-refractivity contribution >= 4 is 27.5 Å². The average molecular weight is 383 g/mol. The maximum atomic E-state index is 13.0. The summed E-state index contributed by atoms with van der Waals surface area (Å²) < 4.78 is 61.2. The SMILES string of the molecule is O=C(Nc1ccc2c(c1)OC(F)(F)O2)C1=CN2CCS(=O)(=O)N=C2C=C1. The largest absolute Gasteiger partial charge is 0.586 e. The first-order valence-corrected chi connectivity index (χ1v) is 9.02. The van der Waals surface area contributed by atoms with Gasteiger partial charge in [-0.05, 0) is 24.3 Å². The molecule has 0 saturated carbocycles. The van der Waals surface area contributed by atoms with Crippen molar-refractivity contribution in [1.82, 2.24) is 4.90 Å². The number of amides is 1. The van der Waals surface area contributed by atoms with Gasteiger partial charge in [-0.25, -0.2) is 8.42 Å². The molecule has 11 heteroatoms. The molecule has 3 aliphatic rings. The molecule has 0 spiro atoms. The molecule has 136 valence electrons. The molecule has 4 rings (SSSR count). The number of sulfonamides is 1. The van der Waals surface area contributed by atoms with Gasteiger partial charge in [-0.15, -0.1) is 13.2 Å². The van der Waals surface area contributed by atoms with Gasteiger partial charge in [-0.3, -0.25) is 4.79 Å². The standard InChI is InChI=1S/C15H11F2N3O5S/c16-15(17)24-11-3-2-10(7-12(11)25-15)18-14(21)9-1-4-13-19-26(22,23)6-5-20(13)8-9/h1-4,7-8H,5-6H2,(H,18,21). The highest BCUT2D eigenvalue weighted by atomic mass is 32.2. The molecule has 3 heterocycles. The predicted molar refractivity (Wildman–Crippen MR) is 86.4 cm³/mol. The number of amidine groups is 1. The fourth-order valence-electron chi connectivity index (χ4n) is 2.57. The lowest BCUT2D eigenvalue weighted by molar-refractivity contribution is -0.286. The van der Waals surface area contributed by atoms with Crippen LogP contribution in [0.25, 0.3) is 0 Å². The third-order valence-corrected chi connectivity index (χ3v) is 4.91. The van der Waals surface area contributed by atoms with Crippen LogP contribution in [0.1, 0.15) is 0 Å². The van der Waals surface area contributed by atoms with Gasteiger partial charge in [0.2, 0.25) is 0 Å². The van der Waals surface area contributed by atoms with Gasteiger partial charge in [0.05, 0.1) is 11.3 Å². The van der Waals surface area contributed by atoms with Crippen LogP contribution in [0.2, 0.25) is 0 Å². The first-order valence-electron chi connectivity index (χ1n) is 7.41. The number of halogens is 2. The van der Waals surface area contributed by atoms with E-state index in [0.29, 0.717) is 0 Å². The van der Waals surface area contributed by atoms with Crippen molar-refractivity contribution in [3.05, 3.63) is 42.1 Å². The van der Waals surface area contributed by atoms with Crippen LogP contribution < -0.4 is 14.8 Å². The van der Waals surface area contributed by atoms with Gasteiger partial charge in [-0.2, -0.15) is 0 Å². The summed E-state index contributed by atoms with van der Waals surface area (Å²) in [6, 6.07) is 3.88. The van der Waals surface area contributed by atoms with Crippen molar-refractivity contribution in [2.24, 2.45) is 4.40 Å². The number of rotatable bonds is 2. The minimum Gasteiger partial charge on any atom is -0.395 e. The Morgan fingerprint density at radius 3 is 2.81 bits per heavy atom. The van der Waals surface area contributed by atoms with Crippen LogP contribution in [0.5, 0.6) is 11.5 Å². The molecular weight excluding hydrogens is 372 g/mol. The number of nitrogens with zero attached hydrogens (tertiary/aromatic N) is 2. The van der Waals surface area contributed by atoms with Gasteiger partial charge >= 0.3 is 6.29 Å². The molecule has 0 aliphatic carbocycles. The normalized spacial score (nSPS) is 21.5. The van der Waals surface area contributed by atoms with Crippen LogP contribution >= 0.6 is 0 Å². The van der Waals surface area contributed by atoms with Gasteiger partial charge in [-0.1, -0.05) is 0 Å². The van der Waals surface area contributed by atoms with Crippen LogP contribution in [0.4, 0.5) is 14.5 Å². The molecule has 0 unspecified atom stereocenters. The van der Waals surface area contributed by atoms with E-state index in [2.05, 4.69) is 19.2 Å². The molecule has 0 saturated heterocycles. The van der Waals surface area contributed by atoms with Gasteiger partial charge in [0.1, 0.15) is 5.84 Å². The van der Waals surface area contributed by atoms with Crippen molar-refractivity contribution in [3.63, 3.8) is 0 Å². The maximum absolute atomic E-state index is 13.0. The molecule has 0 aromatic heterocycles. The molecule has 8 nitrogen and oxygen atoms in total. The Morgan fingerprint density at radius 1 is 1.23 bits per heavy atom. The number of anilines is 1. The molecule has 1 aromatic carbocycles. The van der Waals surface area contributed by atoms with Crippen molar-refractivity contribution in [1.29, 1.82) is 0 Å². The second-order valence-corrected chi connectivity index (χ2v) is 7.38. The smallest absolute Gasteiger partial charge is 0.395 e. The summed E-state index contributed by atoms with van der Waals surface area (Å²) in [5.74, 6) is -0.721. The van der Waals surface area contributed by atoms with E-state index in [1.807, 2.05) is 0 Å². The Labute approximate surface area is 146 Å². The van der Waals surface area contributed by atoms with Crippen molar-refractivity contribution < 1.29 is 31.5 Å². The molecule has 1 aromatic rings. The summed E-state index contributed by atoms with van der Waals surface area (Å²) in [6.07, 6.45) is 0.590. The number of benzene rings is 1. The van der Waals surface area contributed by atoms with Crippen LogP contribution in [0.15, 0.2) is 46.5 Å². The lowest BCUT2D eigenvalue weighted by Crippen LogP contribution is -2.37. The Bertz CT molecular complexity index is 1000. The topological polar surface area (TPSA) is 97.3 Å². The Morgan fingerprint density at radius 2 is 2.00 bits per heavy atom. The van der Waals surface area contributed by atoms with E-state index >= 15 is 0 Å². The second-order valence-electron chi connectivity index (χ2n) is 5.63. The lowest BCUT2D eigenvalue weighted by atomic mass is 10.1. The highest BCUT2D eigenvalue weighted by Crippen LogP contribution is 2.42. The molecule has 26 heavy (non-hydrogen) atoms.